The normalized spacial score (nSPS) is 13.0. The standard InChI is InChI=1S/C16H21F3O3/c1-3-11-21-15(16(17,18)19)6-4-5-13-7-9-14(10-8-13)22-12(2)20/h7-10,15H,3-6,11H2,1-2H3. The zero-order valence-corrected chi connectivity index (χ0v) is 12.8. The van der Waals surface area contributed by atoms with Crippen LogP contribution >= 0.6 is 0 Å². The third-order valence-electron chi connectivity index (χ3n) is 3.00. The van der Waals surface area contributed by atoms with E-state index in [0.717, 1.165) is 5.56 Å². The van der Waals surface area contributed by atoms with E-state index in [4.69, 9.17) is 9.47 Å². The van der Waals surface area contributed by atoms with Crippen LogP contribution in [0.1, 0.15) is 38.7 Å². The molecule has 1 rings (SSSR count). The van der Waals surface area contributed by atoms with Gasteiger partial charge in [0.25, 0.3) is 0 Å². The molecule has 0 aliphatic carbocycles. The Hall–Kier alpha value is -1.56. The fourth-order valence-electron chi connectivity index (χ4n) is 1.98. The number of esters is 1. The van der Waals surface area contributed by atoms with Gasteiger partial charge >= 0.3 is 12.1 Å². The predicted octanol–water partition coefficient (Wildman–Crippen LogP) is 4.29. The van der Waals surface area contributed by atoms with Crippen molar-refractivity contribution in [3.8, 4) is 5.75 Å². The predicted molar refractivity (Wildman–Crippen MR) is 76.8 cm³/mol. The summed E-state index contributed by atoms with van der Waals surface area (Å²) < 4.78 is 48.1. The molecule has 0 N–H and O–H groups in total. The van der Waals surface area contributed by atoms with E-state index in [9.17, 15) is 18.0 Å². The Morgan fingerprint density at radius 1 is 1.23 bits per heavy atom. The second-order valence-electron chi connectivity index (χ2n) is 5.03. The van der Waals surface area contributed by atoms with Crippen LogP contribution in [0, 0.1) is 0 Å². The molecule has 0 aromatic heterocycles. The Labute approximate surface area is 128 Å². The number of alkyl halides is 3. The van der Waals surface area contributed by atoms with Crippen LogP contribution in [0.3, 0.4) is 0 Å². The summed E-state index contributed by atoms with van der Waals surface area (Å²) >= 11 is 0. The van der Waals surface area contributed by atoms with Crippen molar-refractivity contribution >= 4 is 5.97 Å². The van der Waals surface area contributed by atoms with E-state index in [2.05, 4.69) is 0 Å². The Bertz CT molecular complexity index is 455. The second-order valence-corrected chi connectivity index (χ2v) is 5.03. The average Bonchev–Trinajstić information content (AvgIpc) is 2.42. The highest BCUT2D eigenvalue weighted by molar-refractivity contribution is 5.69. The van der Waals surface area contributed by atoms with E-state index < -0.39 is 18.2 Å². The molecule has 0 saturated carbocycles. The lowest BCUT2D eigenvalue weighted by Crippen LogP contribution is -2.32. The van der Waals surface area contributed by atoms with Gasteiger partial charge in [-0.05, 0) is 43.4 Å². The van der Waals surface area contributed by atoms with Crippen LogP contribution in [0.2, 0.25) is 0 Å². The molecule has 0 bridgehead atoms. The van der Waals surface area contributed by atoms with Crippen LogP contribution in [-0.4, -0.2) is 24.9 Å². The van der Waals surface area contributed by atoms with Gasteiger partial charge in [-0.2, -0.15) is 13.2 Å². The van der Waals surface area contributed by atoms with Crippen molar-refractivity contribution in [2.75, 3.05) is 6.61 Å². The third-order valence-corrected chi connectivity index (χ3v) is 3.00. The van der Waals surface area contributed by atoms with Crippen molar-refractivity contribution in [2.24, 2.45) is 0 Å². The summed E-state index contributed by atoms with van der Waals surface area (Å²) in [5.74, 6) is 0.0181. The number of carbonyl (C=O) groups excluding carboxylic acids is 1. The maximum atomic E-state index is 12.8. The zero-order valence-electron chi connectivity index (χ0n) is 12.8. The van der Waals surface area contributed by atoms with Gasteiger partial charge in [-0.25, -0.2) is 0 Å². The Kier molecular flexibility index (Phi) is 7.38. The molecule has 1 aromatic rings. The molecule has 1 atom stereocenters. The molecule has 0 aliphatic rings. The minimum atomic E-state index is -4.33. The van der Waals surface area contributed by atoms with E-state index >= 15 is 0 Å². The van der Waals surface area contributed by atoms with Crippen molar-refractivity contribution < 1.29 is 27.4 Å². The molecule has 22 heavy (non-hydrogen) atoms. The molecule has 0 fully saturated rings. The molecule has 0 heterocycles. The average molecular weight is 318 g/mol. The maximum absolute atomic E-state index is 12.8. The smallest absolute Gasteiger partial charge is 0.414 e. The van der Waals surface area contributed by atoms with Crippen molar-refractivity contribution in [3.05, 3.63) is 29.8 Å². The number of halogens is 3. The summed E-state index contributed by atoms with van der Waals surface area (Å²) in [6, 6.07) is 6.75. The second kappa shape index (κ2) is 8.78. The largest absolute Gasteiger partial charge is 0.427 e. The first-order chi connectivity index (χ1) is 10.3. The van der Waals surface area contributed by atoms with Gasteiger partial charge in [0.15, 0.2) is 6.10 Å². The van der Waals surface area contributed by atoms with Crippen molar-refractivity contribution in [2.45, 2.75) is 51.8 Å². The van der Waals surface area contributed by atoms with Gasteiger partial charge in [0.05, 0.1) is 0 Å². The number of hydrogen-bond donors (Lipinski definition) is 0. The molecule has 0 spiro atoms. The van der Waals surface area contributed by atoms with Crippen LogP contribution in [0.5, 0.6) is 5.75 Å². The fraction of sp³-hybridized carbons (Fsp3) is 0.562. The number of benzene rings is 1. The summed E-state index contributed by atoms with van der Waals surface area (Å²) in [5, 5.41) is 0. The lowest BCUT2D eigenvalue weighted by atomic mass is 10.1. The van der Waals surface area contributed by atoms with Gasteiger partial charge in [-0.1, -0.05) is 19.1 Å². The SMILES string of the molecule is CCCOC(CCCc1ccc(OC(C)=O)cc1)C(F)(F)F. The highest BCUT2D eigenvalue weighted by atomic mass is 19.4. The Morgan fingerprint density at radius 3 is 2.36 bits per heavy atom. The summed E-state index contributed by atoms with van der Waals surface area (Å²) in [5.41, 5.74) is 0.896. The minimum Gasteiger partial charge on any atom is -0.427 e. The van der Waals surface area contributed by atoms with Crippen LogP contribution in [-0.2, 0) is 16.0 Å². The topological polar surface area (TPSA) is 35.5 Å². The first kappa shape index (κ1) is 18.5. The van der Waals surface area contributed by atoms with E-state index in [-0.39, 0.29) is 13.0 Å². The number of ether oxygens (including phenoxy) is 2. The molecule has 6 heteroatoms. The number of aryl methyl sites for hydroxylation is 1. The van der Waals surface area contributed by atoms with Crippen LogP contribution in [0.25, 0.3) is 0 Å². The highest BCUT2D eigenvalue weighted by Crippen LogP contribution is 2.27. The molecule has 124 valence electrons. The molecule has 3 nitrogen and oxygen atoms in total. The Morgan fingerprint density at radius 2 is 1.86 bits per heavy atom. The van der Waals surface area contributed by atoms with Crippen molar-refractivity contribution in [3.63, 3.8) is 0 Å². The quantitative estimate of drug-likeness (QED) is 0.530. The van der Waals surface area contributed by atoms with E-state index in [0.29, 0.717) is 25.0 Å². The van der Waals surface area contributed by atoms with E-state index in [1.54, 1.807) is 31.2 Å². The van der Waals surface area contributed by atoms with E-state index in [1.165, 1.54) is 6.92 Å². The first-order valence-electron chi connectivity index (χ1n) is 7.28. The molecule has 0 radical (unpaired) electrons. The van der Waals surface area contributed by atoms with Crippen molar-refractivity contribution in [1.82, 2.24) is 0 Å². The zero-order chi connectivity index (χ0) is 16.6. The number of carbonyl (C=O) groups is 1. The molecular formula is C16H21F3O3. The lowest BCUT2D eigenvalue weighted by molar-refractivity contribution is -0.222. The summed E-state index contributed by atoms with van der Waals surface area (Å²) in [4.78, 5) is 10.8. The summed E-state index contributed by atoms with van der Waals surface area (Å²) in [6.45, 7) is 3.20. The fourth-order valence-corrected chi connectivity index (χ4v) is 1.98. The molecule has 0 amide bonds. The maximum Gasteiger partial charge on any atom is 0.414 e. The summed E-state index contributed by atoms with van der Waals surface area (Å²) in [6.07, 6.45) is -4.63. The Balaban J connectivity index is 2.45. The van der Waals surface area contributed by atoms with Gasteiger partial charge in [0.1, 0.15) is 5.75 Å². The molecule has 1 unspecified atom stereocenters. The molecule has 1 aromatic carbocycles. The van der Waals surface area contributed by atoms with Gasteiger partial charge < -0.3 is 9.47 Å². The van der Waals surface area contributed by atoms with Crippen LogP contribution < -0.4 is 4.74 Å². The van der Waals surface area contributed by atoms with Crippen LogP contribution in [0.4, 0.5) is 13.2 Å². The number of hydrogen-bond acceptors (Lipinski definition) is 3. The van der Waals surface area contributed by atoms with Gasteiger partial charge in [-0.3, -0.25) is 4.79 Å². The summed E-state index contributed by atoms with van der Waals surface area (Å²) in [7, 11) is 0. The van der Waals surface area contributed by atoms with E-state index in [1.807, 2.05) is 0 Å². The molecule has 0 aliphatic heterocycles. The monoisotopic (exact) mass is 318 g/mol. The molecule has 0 saturated heterocycles. The van der Waals surface area contributed by atoms with Gasteiger partial charge in [-0.15, -0.1) is 0 Å². The lowest BCUT2D eigenvalue weighted by Gasteiger charge is -2.20. The minimum absolute atomic E-state index is 0.0603. The first-order valence-corrected chi connectivity index (χ1v) is 7.28. The van der Waals surface area contributed by atoms with Gasteiger partial charge in [0.2, 0.25) is 0 Å². The number of rotatable bonds is 8. The highest BCUT2D eigenvalue weighted by Gasteiger charge is 2.39. The van der Waals surface area contributed by atoms with Gasteiger partial charge in [0, 0.05) is 13.5 Å². The van der Waals surface area contributed by atoms with Crippen LogP contribution in [0.15, 0.2) is 24.3 Å². The molecular weight excluding hydrogens is 297 g/mol. The third kappa shape index (κ3) is 6.93. The van der Waals surface area contributed by atoms with Crippen molar-refractivity contribution in [1.29, 1.82) is 0 Å².